The predicted octanol–water partition coefficient (Wildman–Crippen LogP) is 1.40. The number of anilines is 1. The Morgan fingerprint density at radius 1 is 1.16 bits per heavy atom. The summed E-state index contributed by atoms with van der Waals surface area (Å²) >= 11 is 0. The third-order valence-corrected chi connectivity index (χ3v) is 7.30. The smallest absolute Gasteiger partial charge is 0.215 e. The number of nitrogens with zero attached hydrogens (tertiary/aromatic N) is 3. The second-order valence-electron chi connectivity index (χ2n) is 7.59. The summed E-state index contributed by atoms with van der Waals surface area (Å²) in [6.45, 7) is 1.70. The lowest BCUT2D eigenvalue weighted by Crippen LogP contribution is -2.35. The summed E-state index contributed by atoms with van der Waals surface area (Å²) in [5.41, 5.74) is 6.97. The number of nitrogens with one attached hydrogen (secondary N) is 1. The Balaban J connectivity index is 1.41. The van der Waals surface area contributed by atoms with Crippen LogP contribution in [0.3, 0.4) is 0 Å². The molecule has 1 aromatic rings. The molecule has 0 bridgehead atoms. The molecular weight excluding hydrogens is 338 g/mol. The van der Waals surface area contributed by atoms with Gasteiger partial charge in [0.2, 0.25) is 10.0 Å². The molecule has 2 heterocycles. The van der Waals surface area contributed by atoms with Gasteiger partial charge in [0.25, 0.3) is 0 Å². The maximum Gasteiger partial charge on any atom is 0.215 e. The highest BCUT2D eigenvalue weighted by Crippen LogP contribution is 2.41. The SMILES string of the molecule is NC1CC(c2cc(NCCS(=O)(=O)N3CCCC3)nc(C3CC3)n2)C1. The Morgan fingerprint density at radius 2 is 1.88 bits per heavy atom. The molecule has 2 saturated carbocycles. The molecule has 1 aliphatic heterocycles. The van der Waals surface area contributed by atoms with E-state index in [1.165, 1.54) is 0 Å². The van der Waals surface area contributed by atoms with E-state index in [0.717, 1.165) is 55.9 Å². The topological polar surface area (TPSA) is 101 Å². The van der Waals surface area contributed by atoms with Gasteiger partial charge in [-0.1, -0.05) is 0 Å². The average molecular weight is 366 g/mol. The fourth-order valence-corrected chi connectivity index (χ4v) is 5.05. The summed E-state index contributed by atoms with van der Waals surface area (Å²) in [6, 6.07) is 2.26. The molecule has 4 rings (SSSR count). The zero-order chi connectivity index (χ0) is 17.4. The maximum atomic E-state index is 12.3. The van der Waals surface area contributed by atoms with Crippen LogP contribution in [-0.2, 0) is 10.0 Å². The molecule has 0 aromatic carbocycles. The number of hydrogen-bond donors (Lipinski definition) is 2. The second kappa shape index (κ2) is 6.81. The summed E-state index contributed by atoms with van der Waals surface area (Å²) in [4.78, 5) is 9.35. The van der Waals surface area contributed by atoms with E-state index < -0.39 is 10.0 Å². The Hall–Kier alpha value is -1.25. The fourth-order valence-electron chi connectivity index (χ4n) is 3.62. The minimum absolute atomic E-state index is 0.111. The summed E-state index contributed by atoms with van der Waals surface area (Å²) in [6.07, 6.45) is 6.19. The minimum atomic E-state index is -3.16. The minimum Gasteiger partial charge on any atom is -0.369 e. The third kappa shape index (κ3) is 3.96. The molecule has 1 saturated heterocycles. The van der Waals surface area contributed by atoms with Crippen LogP contribution in [0.15, 0.2) is 6.07 Å². The second-order valence-corrected chi connectivity index (χ2v) is 9.68. The number of nitrogens with two attached hydrogens (primary N) is 1. The Kier molecular flexibility index (Phi) is 4.68. The van der Waals surface area contributed by atoms with Crippen LogP contribution in [0.5, 0.6) is 0 Å². The van der Waals surface area contributed by atoms with Crippen molar-refractivity contribution in [2.45, 2.75) is 56.4 Å². The molecule has 138 valence electrons. The molecule has 0 atom stereocenters. The number of aromatic nitrogens is 2. The van der Waals surface area contributed by atoms with Crippen molar-refractivity contribution in [3.05, 3.63) is 17.6 Å². The standard InChI is InChI=1S/C17H27N5O2S/c18-14-9-13(10-14)15-11-16(21-17(20-15)12-3-4-12)19-5-8-25(23,24)22-6-1-2-7-22/h11-14H,1-10,18H2,(H,19,20,21). The molecule has 3 N–H and O–H groups in total. The van der Waals surface area contributed by atoms with Crippen molar-refractivity contribution in [1.82, 2.24) is 14.3 Å². The van der Waals surface area contributed by atoms with Gasteiger partial charge in [0, 0.05) is 49.3 Å². The van der Waals surface area contributed by atoms with Crippen LogP contribution in [0.4, 0.5) is 5.82 Å². The van der Waals surface area contributed by atoms with E-state index in [2.05, 4.69) is 10.3 Å². The van der Waals surface area contributed by atoms with Gasteiger partial charge >= 0.3 is 0 Å². The van der Waals surface area contributed by atoms with Crippen molar-refractivity contribution in [1.29, 1.82) is 0 Å². The van der Waals surface area contributed by atoms with Gasteiger partial charge in [-0.2, -0.15) is 0 Å². The van der Waals surface area contributed by atoms with Gasteiger partial charge in [0.1, 0.15) is 11.6 Å². The molecule has 8 heteroatoms. The first kappa shape index (κ1) is 17.2. The lowest BCUT2D eigenvalue weighted by Gasteiger charge is -2.32. The van der Waals surface area contributed by atoms with Gasteiger partial charge < -0.3 is 11.1 Å². The molecule has 0 spiro atoms. The Morgan fingerprint density at radius 3 is 2.52 bits per heavy atom. The lowest BCUT2D eigenvalue weighted by molar-refractivity contribution is 0.344. The van der Waals surface area contributed by atoms with Gasteiger partial charge in [-0.05, 0) is 38.5 Å². The van der Waals surface area contributed by atoms with Crippen molar-refractivity contribution in [2.75, 3.05) is 30.7 Å². The normalized spacial score (nSPS) is 27.2. The quantitative estimate of drug-likeness (QED) is 0.757. The molecule has 0 radical (unpaired) electrons. The zero-order valence-corrected chi connectivity index (χ0v) is 15.3. The molecule has 0 amide bonds. The van der Waals surface area contributed by atoms with Crippen LogP contribution >= 0.6 is 0 Å². The number of sulfonamides is 1. The lowest BCUT2D eigenvalue weighted by atomic mass is 9.78. The fraction of sp³-hybridized carbons (Fsp3) is 0.765. The first-order chi connectivity index (χ1) is 12.0. The summed E-state index contributed by atoms with van der Waals surface area (Å²) < 4.78 is 26.2. The summed E-state index contributed by atoms with van der Waals surface area (Å²) in [7, 11) is -3.16. The van der Waals surface area contributed by atoms with Crippen LogP contribution in [-0.4, -0.2) is 54.1 Å². The highest BCUT2D eigenvalue weighted by molar-refractivity contribution is 7.89. The van der Waals surface area contributed by atoms with Crippen LogP contribution in [0, 0.1) is 0 Å². The largest absolute Gasteiger partial charge is 0.369 e. The van der Waals surface area contributed by atoms with Crippen LogP contribution < -0.4 is 11.1 Å². The molecule has 25 heavy (non-hydrogen) atoms. The van der Waals surface area contributed by atoms with E-state index >= 15 is 0 Å². The monoisotopic (exact) mass is 365 g/mol. The predicted molar refractivity (Wildman–Crippen MR) is 97.0 cm³/mol. The highest BCUT2D eigenvalue weighted by atomic mass is 32.2. The summed E-state index contributed by atoms with van der Waals surface area (Å²) in [5, 5.41) is 3.21. The number of hydrogen-bond acceptors (Lipinski definition) is 6. The van der Waals surface area contributed by atoms with Crippen molar-refractivity contribution < 1.29 is 8.42 Å². The van der Waals surface area contributed by atoms with E-state index in [1.807, 2.05) is 6.07 Å². The first-order valence-electron chi connectivity index (χ1n) is 9.37. The molecule has 3 fully saturated rings. The van der Waals surface area contributed by atoms with Gasteiger partial charge in [0.05, 0.1) is 5.75 Å². The molecule has 7 nitrogen and oxygen atoms in total. The molecule has 0 unspecified atom stereocenters. The van der Waals surface area contributed by atoms with Crippen molar-refractivity contribution in [3.8, 4) is 0 Å². The van der Waals surface area contributed by atoms with E-state index in [9.17, 15) is 8.42 Å². The van der Waals surface area contributed by atoms with E-state index in [4.69, 9.17) is 10.7 Å². The number of rotatable bonds is 7. The zero-order valence-electron chi connectivity index (χ0n) is 14.5. The van der Waals surface area contributed by atoms with Crippen LogP contribution in [0.1, 0.15) is 61.9 Å². The van der Waals surface area contributed by atoms with Crippen molar-refractivity contribution in [2.24, 2.45) is 5.73 Å². The first-order valence-corrected chi connectivity index (χ1v) is 11.0. The molecular formula is C17H27N5O2S. The molecule has 1 aromatic heterocycles. The van der Waals surface area contributed by atoms with E-state index in [1.54, 1.807) is 4.31 Å². The van der Waals surface area contributed by atoms with Crippen molar-refractivity contribution >= 4 is 15.8 Å². The third-order valence-electron chi connectivity index (χ3n) is 5.42. The molecule has 3 aliphatic rings. The van der Waals surface area contributed by atoms with E-state index in [0.29, 0.717) is 31.5 Å². The van der Waals surface area contributed by atoms with E-state index in [-0.39, 0.29) is 11.8 Å². The van der Waals surface area contributed by atoms with Crippen LogP contribution in [0.25, 0.3) is 0 Å². The maximum absolute atomic E-state index is 12.3. The average Bonchev–Trinajstić information content (AvgIpc) is 3.25. The van der Waals surface area contributed by atoms with Crippen molar-refractivity contribution in [3.63, 3.8) is 0 Å². The van der Waals surface area contributed by atoms with Gasteiger partial charge in [0.15, 0.2) is 0 Å². The Labute approximate surface area is 149 Å². The highest BCUT2D eigenvalue weighted by Gasteiger charge is 2.32. The van der Waals surface area contributed by atoms with Crippen LogP contribution in [0.2, 0.25) is 0 Å². The van der Waals surface area contributed by atoms with Gasteiger partial charge in [-0.25, -0.2) is 22.7 Å². The van der Waals surface area contributed by atoms with Gasteiger partial charge in [-0.3, -0.25) is 0 Å². The molecule has 2 aliphatic carbocycles. The Bertz CT molecular complexity index is 723. The van der Waals surface area contributed by atoms with Gasteiger partial charge in [-0.15, -0.1) is 0 Å². The summed E-state index contributed by atoms with van der Waals surface area (Å²) in [5.74, 6) is 2.66.